The predicted octanol–water partition coefficient (Wildman–Crippen LogP) is 1.81. The summed E-state index contributed by atoms with van der Waals surface area (Å²) in [6.45, 7) is 0. The van der Waals surface area contributed by atoms with E-state index in [0.29, 0.717) is 0 Å². The SMILES string of the molecule is N#Cc1cc(NO)c(Cl)c(NO)c1. The van der Waals surface area contributed by atoms with Gasteiger partial charge in [-0.25, -0.2) is 0 Å². The van der Waals surface area contributed by atoms with Gasteiger partial charge >= 0.3 is 0 Å². The molecule has 68 valence electrons. The number of nitrogens with zero attached hydrogens (tertiary/aromatic N) is 1. The first kappa shape index (κ1) is 9.61. The zero-order valence-electron chi connectivity index (χ0n) is 6.37. The van der Waals surface area contributed by atoms with Crippen molar-refractivity contribution in [3.63, 3.8) is 0 Å². The Morgan fingerprint density at radius 1 is 1.23 bits per heavy atom. The molecule has 1 aromatic carbocycles. The smallest absolute Gasteiger partial charge is 0.0993 e. The Morgan fingerprint density at radius 2 is 1.69 bits per heavy atom. The van der Waals surface area contributed by atoms with Gasteiger partial charge in [0.25, 0.3) is 0 Å². The van der Waals surface area contributed by atoms with Crippen molar-refractivity contribution in [3.05, 3.63) is 22.7 Å². The molecule has 0 saturated carbocycles. The molecule has 0 bridgehead atoms. The molecule has 0 amide bonds. The third kappa shape index (κ3) is 1.81. The molecule has 0 heterocycles. The molecule has 0 aromatic heterocycles. The largest absolute Gasteiger partial charge is 0.291 e. The van der Waals surface area contributed by atoms with Crippen molar-refractivity contribution in [1.29, 1.82) is 5.26 Å². The van der Waals surface area contributed by atoms with Crippen molar-refractivity contribution in [1.82, 2.24) is 0 Å². The van der Waals surface area contributed by atoms with Crippen LogP contribution in [0.25, 0.3) is 0 Å². The Morgan fingerprint density at radius 3 is 2.00 bits per heavy atom. The van der Waals surface area contributed by atoms with Gasteiger partial charge < -0.3 is 0 Å². The molecular weight excluding hydrogens is 194 g/mol. The molecular formula is C7H6ClN3O2. The van der Waals surface area contributed by atoms with E-state index in [4.69, 9.17) is 27.3 Å². The van der Waals surface area contributed by atoms with Crippen molar-refractivity contribution in [2.45, 2.75) is 0 Å². The molecule has 5 nitrogen and oxygen atoms in total. The zero-order valence-corrected chi connectivity index (χ0v) is 7.13. The molecule has 0 atom stereocenters. The first-order valence-electron chi connectivity index (χ1n) is 3.26. The average Bonchev–Trinajstić information content (AvgIpc) is 2.18. The summed E-state index contributed by atoms with van der Waals surface area (Å²) in [5.41, 5.74) is 4.18. The highest BCUT2D eigenvalue weighted by atomic mass is 35.5. The molecule has 0 spiro atoms. The van der Waals surface area contributed by atoms with Crippen molar-refractivity contribution in [3.8, 4) is 6.07 Å². The number of benzene rings is 1. The number of anilines is 2. The van der Waals surface area contributed by atoms with E-state index in [-0.39, 0.29) is 22.0 Å². The van der Waals surface area contributed by atoms with Crippen LogP contribution in [0.1, 0.15) is 5.56 Å². The predicted molar refractivity (Wildman–Crippen MR) is 47.0 cm³/mol. The van der Waals surface area contributed by atoms with Gasteiger partial charge in [-0.3, -0.25) is 21.4 Å². The third-order valence-corrected chi connectivity index (χ3v) is 1.85. The van der Waals surface area contributed by atoms with Crippen LogP contribution in [0.5, 0.6) is 0 Å². The maximum absolute atomic E-state index is 8.61. The second kappa shape index (κ2) is 3.96. The second-order valence-corrected chi connectivity index (χ2v) is 2.60. The topological polar surface area (TPSA) is 88.3 Å². The van der Waals surface area contributed by atoms with Crippen LogP contribution in [0.15, 0.2) is 12.1 Å². The lowest BCUT2D eigenvalue weighted by Crippen LogP contribution is -1.97. The molecule has 1 aromatic rings. The van der Waals surface area contributed by atoms with Crippen LogP contribution in [-0.2, 0) is 0 Å². The van der Waals surface area contributed by atoms with Crippen LogP contribution in [0.2, 0.25) is 5.02 Å². The Hall–Kier alpha value is -1.48. The molecule has 0 saturated heterocycles. The van der Waals surface area contributed by atoms with Gasteiger partial charge in [0.2, 0.25) is 0 Å². The number of halogens is 1. The first-order valence-corrected chi connectivity index (χ1v) is 3.64. The molecule has 0 unspecified atom stereocenters. The second-order valence-electron chi connectivity index (χ2n) is 2.22. The van der Waals surface area contributed by atoms with E-state index in [0.717, 1.165) is 0 Å². The highest BCUT2D eigenvalue weighted by molar-refractivity contribution is 6.35. The van der Waals surface area contributed by atoms with E-state index in [1.165, 1.54) is 12.1 Å². The van der Waals surface area contributed by atoms with E-state index in [2.05, 4.69) is 0 Å². The lowest BCUT2D eigenvalue weighted by Gasteiger charge is -2.07. The number of hydrogen-bond acceptors (Lipinski definition) is 5. The number of nitrogens with one attached hydrogen (secondary N) is 2. The fraction of sp³-hybridized carbons (Fsp3) is 0. The number of hydrogen-bond donors (Lipinski definition) is 4. The van der Waals surface area contributed by atoms with Gasteiger partial charge in [0, 0.05) is 0 Å². The lowest BCUT2D eigenvalue weighted by atomic mass is 10.2. The number of nitriles is 1. The number of rotatable bonds is 2. The average molecular weight is 200 g/mol. The molecule has 0 radical (unpaired) electrons. The molecule has 0 fully saturated rings. The van der Waals surface area contributed by atoms with Crippen molar-refractivity contribution < 1.29 is 10.4 Å². The van der Waals surface area contributed by atoms with Gasteiger partial charge in [-0.05, 0) is 12.1 Å². The summed E-state index contributed by atoms with van der Waals surface area (Å²) in [4.78, 5) is 0. The lowest BCUT2D eigenvalue weighted by molar-refractivity contribution is 0.385. The molecule has 13 heavy (non-hydrogen) atoms. The molecule has 0 aliphatic heterocycles. The Kier molecular flexibility index (Phi) is 2.93. The summed E-state index contributed by atoms with van der Waals surface area (Å²) in [5, 5.41) is 25.9. The Labute approximate surface area is 79.1 Å². The van der Waals surface area contributed by atoms with Crippen LogP contribution >= 0.6 is 11.6 Å². The van der Waals surface area contributed by atoms with Gasteiger partial charge in [0.15, 0.2) is 0 Å². The molecule has 4 N–H and O–H groups in total. The van der Waals surface area contributed by atoms with Gasteiger partial charge in [-0.15, -0.1) is 0 Å². The minimum atomic E-state index is 0.101. The van der Waals surface area contributed by atoms with E-state index in [1.807, 2.05) is 17.0 Å². The fourth-order valence-corrected chi connectivity index (χ4v) is 1.05. The van der Waals surface area contributed by atoms with Crippen LogP contribution < -0.4 is 11.0 Å². The highest BCUT2D eigenvalue weighted by Gasteiger charge is 2.07. The fourth-order valence-electron chi connectivity index (χ4n) is 0.852. The van der Waals surface area contributed by atoms with Crippen LogP contribution in [0.4, 0.5) is 11.4 Å². The summed E-state index contributed by atoms with van der Waals surface area (Å²) in [7, 11) is 0. The molecule has 6 heteroatoms. The normalized spacial score (nSPS) is 9.08. The Bertz CT molecular complexity index is 336. The van der Waals surface area contributed by atoms with Gasteiger partial charge in [-0.1, -0.05) is 11.6 Å². The maximum atomic E-state index is 8.61. The monoisotopic (exact) mass is 199 g/mol. The van der Waals surface area contributed by atoms with E-state index >= 15 is 0 Å². The van der Waals surface area contributed by atoms with E-state index in [1.54, 1.807) is 0 Å². The minimum absolute atomic E-state index is 0.101. The molecule has 0 aliphatic carbocycles. The summed E-state index contributed by atoms with van der Waals surface area (Å²) in [5.74, 6) is 0. The van der Waals surface area contributed by atoms with Gasteiger partial charge in [-0.2, -0.15) is 5.26 Å². The highest BCUT2D eigenvalue weighted by Crippen LogP contribution is 2.30. The maximum Gasteiger partial charge on any atom is 0.0993 e. The van der Waals surface area contributed by atoms with E-state index < -0.39 is 0 Å². The van der Waals surface area contributed by atoms with E-state index in [9.17, 15) is 0 Å². The first-order chi connectivity index (χ1) is 6.22. The standard InChI is InChI=1S/C7H6ClN3O2/c8-7-5(10-12)1-4(3-9)2-6(7)11-13/h1-2,10-13H. The minimum Gasteiger partial charge on any atom is -0.291 e. The third-order valence-electron chi connectivity index (χ3n) is 1.44. The summed E-state index contributed by atoms with van der Waals surface area (Å²) in [6, 6.07) is 4.54. The summed E-state index contributed by atoms with van der Waals surface area (Å²) in [6.07, 6.45) is 0. The van der Waals surface area contributed by atoms with Crippen molar-refractivity contribution >= 4 is 23.0 Å². The van der Waals surface area contributed by atoms with Crippen molar-refractivity contribution in [2.75, 3.05) is 11.0 Å². The van der Waals surface area contributed by atoms with Crippen LogP contribution in [0, 0.1) is 11.3 Å². The van der Waals surface area contributed by atoms with Crippen molar-refractivity contribution in [2.24, 2.45) is 0 Å². The van der Waals surface area contributed by atoms with Crippen LogP contribution in [0.3, 0.4) is 0 Å². The zero-order chi connectivity index (χ0) is 9.84. The Balaban J connectivity index is 3.30. The van der Waals surface area contributed by atoms with Crippen LogP contribution in [-0.4, -0.2) is 10.4 Å². The molecule has 0 aliphatic rings. The van der Waals surface area contributed by atoms with Gasteiger partial charge in [0.05, 0.1) is 28.0 Å². The summed E-state index contributed by atoms with van der Waals surface area (Å²) < 4.78 is 0. The van der Waals surface area contributed by atoms with Gasteiger partial charge in [0.1, 0.15) is 0 Å². The quantitative estimate of drug-likeness (QED) is 0.546. The summed E-state index contributed by atoms with van der Waals surface area (Å²) >= 11 is 5.68. The molecule has 1 rings (SSSR count).